The van der Waals surface area contributed by atoms with Crippen LogP contribution in [0.1, 0.15) is 52.9 Å². The van der Waals surface area contributed by atoms with Crippen LogP contribution < -0.4 is 10.6 Å². The molecule has 0 aromatic heterocycles. The van der Waals surface area contributed by atoms with Gasteiger partial charge in [0.1, 0.15) is 73.4 Å². The molecule has 0 aromatic carbocycles. The third kappa shape index (κ3) is 13.7. The van der Waals surface area contributed by atoms with Gasteiger partial charge in [-0.3, -0.25) is 9.59 Å². The Kier molecular flexibility index (Phi) is 21.6. The molecule has 4 fully saturated rings. The van der Waals surface area contributed by atoms with Crippen LogP contribution in [-0.4, -0.2) is 253 Å². The van der Waals surface area contributed by atoms with Gasteiger partial charge in [0, 0.05) is 32.7 Å². The Bertz CT molecular complexity index is 1520. The second-order valence-electron chi connectivity index (χ2n) is 16.8. The number of hydrogen-bond donors (Lipinski definition) is 15. The van der Waals surface area contributed by atoms with Crippen LogP contribution in [-0.2, 0) is 57.0 Å². The fourth-order valence-corrected chi connectivity index (χ4v) is 8.41. The molecule has 0 saturated carbocycles. The highest BCUT2D eigenvalue weighted by atomic mass is 16.8. The highest BCUT2D eigenvalue weighted by molar-refractivity contribution is 5.81. The minimum Gasteiger partial charge on any atom is -0.477 e. The average Bonchev–Trinajstić information content (AvgIpc) is 3.58. The molecule has 27 nitrogen and oxygen atoms in total. The van der Waals surface area contributed by atoms with Crippen molar-refractivity contribution in [1.82, 2.24) is 10.6 Å². The molecule has 2 amide bonds. The minimum absolute atomic E-state index is 0.338. The lowest BCUT2D eigenvalue weighted by Gasteiger charge is -2.46. The van der Waals surface area contributed by atoms with Gasteiger partial charge in [0.25, 0.3) is 11.7 Å². The largest absolute Gasteiger partial charge is 0.477 e. The summed E-state index contributed by atoms with van der Waals surface area (Å²) < 4.78 is 52.0. The van der Waals surface area contributed by atoms with Crippen LogP contribution in [0.5, 0.6) is 0 Å². The van der Waals surface area contributed by atoms with E-state index in [0.29, 0.717) is 12.8 Å². The van der Waals surface area contributed by atoms with E-state index in [2.05, 4.69) is 5.32 Å². The maximum Gasteiger partial charge on any atom is 0.364 e. The van der Waals surface area contributed by atoms with Crippen molar-refractivity contribution in [3.05, 3.63) is 0 Å². The van der Waals surface area contributed by atoms with E-state index in [0.717, 1.165) is 6.92 Å². The van der Waals surface area contributed by atoms with Crippen LogP contribution in [0.3, 0.4) is 0 Å². The van der Waals surface area contributed by atoms with Crippen LogP contribution in [0.25, 0.3) is 0 Å². The van der Waals surface area contributed by atoms with Crippen molar-refractivity contribution in [2.24, 2.45) is 5.92 Å². The summed E-state index contributed by atoms with van der Waals surface area (Å²) in [6.07, 6.45) is -33.0. The van der Waals surface area contributed by atoms with E-state index in [4.69, 9.17) is 42.6 Å². The number of ether oxygens (including phenoxy) is 9. The normalized spacial score (nSPS) is 39.6. The van der Waals surface area contributed by atoms with Gasteiger partial charge in [0.2, 0.25) is 5.91 Å². The van der Waals surface area contributed by atoms with Crippen LogP contribution in [0.4, 0.5) is 0 Å². The molecule has 0 spiro atoms. The molecule has 27 heteroatoms. The maximum atomic E-state index is 13.0. The van der Waals surface area contributed by atoms with Crippen molar-refractivity contribution >= 4 is 17.8 Å². The zero-order valence-corrected chi connectivity index (χ0v) is 36.9. The Hall–Kier alpha value is -2.43. The molecule has 15 N–H and O–H groups in total. The van der Waals surface area contributed by atoms with Gasteiger partial charge < -0.3 is 120 Å². The summed E-state index contributed by atoms with van der Waals surface area (Å²) in [6.45, 7) is 0.398. The van der Waals surface area contributed by atoms with Crippen LogP contribution in [0, 0.1) is 5.92 Å². The number of aliphatic hydroxyl groups is 12. The number of nitrogens with one attached hydrogen (secondary N) is 2. The van der Waals surface area contributed by atoms with E-state index < -0.39 is 192 Å². The molecule has 4 aliphatic rings. The Morgan fingerprint density at radius 3 is 1.94 bits per heavy atom. The van der Waals surface area contributed by atoms with E-state index in [9.17, 15) is 80.8 Å². The fourth-order valence-electron chi connectivity index (χ4n) is 8.41. The smallest absolute Gasteiger partial charge is 0.364 e. The molecule has 384 valence electrons. The monoisotopic (exact) mass is 964 g/mol. The number of carboxylic acid groups (broad SMARTS) is 1. The van der Waals surface area contributed by atoms with Crippen molar-refractivity contribution in [2.45, 2.75) is 181 Å². The summed E-state index contributed by atoms with van der Waals surface area (Å²) in [5, 5.41) is 142. The Labute approximate surface area is 379 Å². The number of rotatable bonds is 24. The first-order chi connectivity index (χ1) is 31.2. The highest BCUT2D eigenvalue weighted by Crippen LogP contribution is 2.37. The third-order valence-electron chi connectivity index (χ3n) is 11.7. The summed E-state index contributed by atoms with van der Waals surface area (Å²) in [6, 6.07) is 0. The van der Waals surface area contributed by atoms with E-state index in [1.807, 2.05) is 12.2 Å². The predicted molar refractivity (Wildman–Crippen MR) is 213 cm³/mol. The molecule has 0 aliphatic carbocycles. The molecule has 4 heterocycles. The highest BCUT2D eigenvalue weighted by Gasteiger charge is 2.57. The van der Waals surface area contributed by atoms with Gasteiger partial charge in [-0.2, -0.15) is 0 Å². The lowest BCUT2D eigenvalue weighted by Crippen LogP contribution is -2.65. The van der Waals surface area contributed by atoms with Crippen LogP contribution >= 0.6 is 0 Å². The SMILES string of the molecule is CCC[C@H]1C(O)C(CO)OC(OC2C(CO)O[C@@H](OCC3OC(C(=O)NC)C(O)C3OC3OC(CO)C(O)C(OC(C[C@@H](O)NC(C)=O)(O[C@H](C)C[C@H](O)CO)C(=O)O)C3O)C[C@H]2O)C1O. The molecule has 16 unspecified atom stereocenters. The average molecular weight is 965 g/mol. The summed E-state index contributed by atoms with van der Waals surface area (Å²) in [5.74, 6) is -7.41. The summed E-state index contributed by atoms with van der Waals surface area (Å²) in [7, 11) is 1.24. The summed E-state index contributed by atoms with van der Waals surface area (Å²) in [4.78, 5) is 37.5. The molecular formula is C39H68N2O25. The van der Waals surface area contributed by atoms with Crippen molar-refractivity contribution in [3.8, 4) is 0 Å². The van der Waals surface area contributed by atoms with Gasteiger partial charge in [-0.15, -0.1) is 0 Å². The summed E-state index contributed by atoms with van der Waals surface area (Å²) >= 11 is 0. The minimum atomic E-state index is -3.05. The number of amides is 2. The topological polar surface area (TPSA) is 421 Å². The quantitative estimate of drug-likeness (QED) is 0.0400. The van der Waals surface area contributed by atoms with Crippen molar-refractivity contribution in [2.75, 3.05) is 40.1 Å². The predicted octanol–water partition coefficient (Wildman–Crippen LogP) is -7.43. The molecule has 0 radical (unpaired) electrons. The number of hydrogen-bond acceptors (Lipinski definition) is 24. The van der Waals surface area contributed by atoms with E-state index in [-0.39, 0.29) is 12.8 Å². The Morgan fingerprint density at radius 2 is 1.38 bits per heavy atom. The van der Waals surface area contributed by atoms with Gasteiger partial charge in [-0.25, -0.2) is 4.79 Å². The number of likely N-dealkylation sites (N-methyl/N-ethyl adjacent to an activating group) is 1. The van der Waals surface area contributed by atoms with E-state index >= 15 is 0 Å². The van der Waals surface area contributed by atoms with Crippen molar-refractivity contribution in [3.63, 3.8) is 0 Å². The Morgan fingerprint density at radius 1 is 0.773 bits per heavy atom. The zero-order chi connectivity index (χ0) is 49.2. The second kappa shape index (κ2) is 25.4. The number of carbonyl (C=O) groups is 3. The van der Waals surface area contributed by atoms with E-state index in [1.54, 1.807) is 0 Å². The number of aliphatic hydroxyl groups excluding tert-OH is 12. The molecule has 4 aliphatic heterocycles. The lowest BCUT2D eigenvalue weighted by molar-refractivity contribution is -0.362. The molecule has 22 atom stereocenters. The fraction of sp³-hybridized carbons (Fsp3) is 0.923. The number of aliphatic carboxylic acids is 1. The molecule has 4 saturated heterocycles. The third-order valence-corrected chi connectivity index (χ3v) is 11.7. The van der Waals surface area contributed by atoms with Gasteiger partial charge in [0.15, 0.2) is 25.0 Å². The first kappa shape index (κ1) is 56.2. The van der Waals surface area contributed by atoms with Gasteiger partial charge >= 0.3 is 5.97 Å². The number of carboxylic acids is 1. The molecule has 4 rings (SSSR count). The van der Waals surface area contributed by atoms with Gasteiger partial charge in [-0.1, -0.05) is 13.3 Å². The summed E-state index contributed by atoms with van der Waals surface area (Å²) in [5.41, 5.74) is 0. The Balaban J connectivity index is 1.55. The standard InChI is InChI=1S/C39H68N2O25/c1-5-6-18-26(50)20(11-43)61-36(27(18)51)63-31-19(48)8-25(59-22(31)13-45)58-14-23-32(29(53)34(60-23)35(55)40-4)64-37-30(54)33(28(52)21(12-44)62-37)66-39(38(56)57,9-24(49)41-16(3)46)65-15(2)7-17(47)10-42/h15,17-34,36-37,42-45,47-54H,5-14H2,1-4H3,(H,40,55)(H,41,46)(H,56,57)/t15-,17+,18+,19-,20?,21?,22?,23?,24-,25-,26?,27?,28?,29?,30?,31?,32?,33?,34?,36?,37?,39?/m1/s1. The molecular weight excluding hydrogens is 896 g/mol. The zero-order valence-electron chi connectivity index (χ0n) is 36.9. The first-order valence-corrected chi connectivity index (χ1v) is 21.7. The van der Waals surface area contributed by atoms with E-state index in [1.165, 1.54) is 14.0 Å². The van der Waals surface area contributed by atoms with Crippen LogP contribution in [0.15, 0.2) is 0 Å². The number of carbonyl (C=O) groups excluding carboxylic acids is 2. The second-order valence-corrected chi connectivity index (χ2v) is 16.8. The molecule has 0 bridgehead atoms. The lowest BCUT2D eigenvalue weighted by atomic mass is 9.85. The first-order valence-electron chi connectivity index (χ1n) is 21.7. The maximum absolute atomic E-state index is 13.0. The van der Waals surface area contributed by atoms with Crippen molar-refractivity contribution < 1.29 is 123 Å². The molecule has 66 heavy (non-hydrogen) atoms. The van der Waals surface area contributed by atoms with Crippen molar-refractivity contribution in [1.29, 1.82) is 0 Å². The van der Waals surface area contributed by atoms with Gasteiger partial charge in [-0.05, 0) is 13.3 Å². The van der Waals surface area contributed by atoms with Crippen LogP contribution in [0.2, 0.25) is 0 Å². The van der Waals surface area contributed by atoms with Gasteiger partial charge in [0.05, 0.1) is 63.9 Å². The molecule has 0 aromatic rings.